The summed E-state index contributed by atoms with van der Waals surface area (Å²) in [6.45, 7) is 6.40. The second-order valence-corrected chi connectivity index (χ2v) is 9.31. The Labute approximate surface area is 188 Å². The first-order chi connectivity index (χ1) is 15.1. The Balaban J connectivity index is 1.80. The van der Waals surface area contributed by atoms with Crippen molar-refractivity contribution in [1.82, 2.24) is 4.90 Å². The number of thiophene rings is 1. The summed E-state index contributed by atoms with van der Waals surface area (Å²) in [7, 11) is 1.73. The van der Waals surface area contributed by atoms with Gasteiger partial charge < -0.3 is 10.1 Å². The van der Waals surface area contributed by atoms with Gasteiger partial charge in [-0.05, 0) is 63.5 Å². The van der Waals surface area contributed by atoms with Crippen LogP contribution in [0.2, 0.25) is 0 Å². The van der Waals surface area contributed by atoms with Crippen molar-refractivity contribution in [2.75, 3.05) is 25.5 Å². The molecule has 1 fully saturated rings. The predicted molar refractivity (Wildman–Crippen MR) is 128 cm³/mol. The molecule has 4 rings (SSSR count). The van der Waals surface area contributed by atoms with Crippen LogP contribution in [0.3, 0.4) is 0 Å². The van der Waals surface area contributed by atoms with E-state index in [9.17, 15) is 4.79 Å². The van der Waals surface area contributed by atoms with Gasteiger partial charge in [-0.3, -0.25) is 9.69 Å². The van der Waals surface area contributed by atoms with Gasteiger partial charge in [0.25, 0.3) is 5.91 Å². The molecule has 1 aliphatic rings. The number of nitrogens with zero attached hydrogens (tertiary/aromatic N) is 1. The van der Waals surface area contributed by atoms with Gasteiger partial charge in [-0.15, -0.1) is 11.3 Å². The molecule has 1 amide bonds. The molecule has 2 aromatic carbocycles. The monoisotopic (exact) mass is 434 g/mol. The topological polar surface area (TPSA) is 41.6 Å². The minimum atomic E-state index is -0.0690. The first-order valence-electron chi connectivity index (χ1n) is 10.9. The van der Waals surface area contributed by atoms with Gasteiger partial charge >= 0.3 is 0 Å². The summed E-state index contributed by atoms with van der Waals surface area (Å²) in [5.41, 5.74) is 4.26. The molecule has 0 spiro atoms. The maximum Gasteiger partial charge on any atom is 0.256 e. The predicted octanol–water partition coefficient (Wildman–Crippen LogP) is 6.20. The van der Waals surface area contributed by atoms with E-state index in [-0.39, 0.29) is 11.9 Å². The molecule has 1 N–H and O–H groups in total. The zero-order valence-corrected chi connectivity index (χ0v) is 19.3. The normalized spacial score (nSPS) is 15.5. The Morgan fingerprint density at radius 3 is 2.39 bits per heavy atom. The Kier molecular flexibility index (Phi) is 6.73. The van der Waals surface area contributed by atoms with Crippen molar-refractivity contribution in [1.29, 1.82) is 0 Å². The second-order valence-electron chi connectivity index (χ2n) is 8.09. The lowest BCUT2D eigenvalue weighted by atomic mass is 9.92. The fraction of sp³-hybridized carbons (Fsp3) is 0.346. The van der Waals surface area contributed by atoms with Gasteiger partial charge in [-0.1, -0.05) is 42.8 Å². The number of hydrogen-bond acceptors (Lipinski definition) is 4. The van der Waals surface area contributed by atoms with Crippen molar-refractivity contribution in [3.05, 3.63) is 81.7 Å². The van der Waals surface area contributed by atoms with E-state index in [1.54, 1.807) is 18.4 Å². The molecule has 2 heterocycles. The molecule has 0 aliphatic carbocycles. The van der Waals surface area contributed by atoms with Crippen molar-refractivity contribution >= 4 is 22.2 Å². The van der Waals surface area contributed by atoms with Gasteiger partial charge in [0.05, 0.1) is 13.2 Å². The zero-order chi connectivity index (χ0) is 21.8. The summed E-state index contributed by atoms with van der Waals surface area (Å²) in [4.78, 5) is 16.8. The minimum Gasteiger partial charge on any atom is -0.496 e. The first kappa shape index (κ1) is 21.6. The van der Waals surface area contributed by atoms with E-state index in [2.05, 4.69) is 36.2 Å². The Hall–Kier alpha value is -2.63. The molecular formula is C26H30N2O2S. The number of carbonyl (C=O) groups is 1. The van der Waals surface area contributed by atoms with Crippen LogP contribution in [0.4, 0.5) is 5.00 Å². The molecule has 1 aromatic heterocycles. The van der Waals surface area contributed by atoms with E-state index in [0.717, 1.165) is 29.4 Å². The standard InChI is InChI=1S/C26H30N2O2S/c1-18-19(2)31-26(27-25(29)20-12-6-4-7-13-20)23(18)24(28-16-10-5-11-17-28)21-14-8-9-15-22(21)30-3/h4,6-9,12-15,24H,5,10-11,16-17H2,1-3H3,(H,27,29)/t24-/m0/s1. The quantitative estimate of drug-likeness (QED) is 0.502. The van der Waals surface area contributed by atoms with Crippen LogP contribution in [0.25, 0.3) is 0 Å². The molecule has 0 saturated carbocycles. The lowest BCUT2D eigenvalue weighted by Crippen LogP contribution is -2.35. The second kappa shape index (κ2) is 9.67. The van der Waals surface area contributed by atoms with E-state index >= 15 is 0 Å². The van der Waals surface area contributed by atoms with E-state index in [1.807, 2.05) is 42.5 Å². The van der Waals surface area contributed by atoms with Gasteiger partial charge in [-0.25, -0.2) is 0 Å². The number of aryl methyl sites for hydroxylation is 1. The highest BCUT2D eigenvalue weighted by Crippen LogP contribution is 2.45. The molecule has 0 radical (unpaired) electrons. The number of amides is 1. The smallest absolute Gasteiger partial charge is 0.256 e. The van der Waals surface area contributed by atoms with Gasteiger partial charge in [0.1, 0.15) is 10.8 Å². The van der Waals surface area contributed by atoms with Gasteiger partial charge in [-0.2, -0.15) is 0 Å². The third-order valence-electron chi connectivity index (χ3n) is 6.16. The molecular weight excluding hydrogens is 404 g/mol. The molecule has 4 nitrogen and oxygen atoms in total. The molecule has 0 bridgehead atoms. The fourth-order valence-electron chi connectivity index (χ4n) is 4.44. The summed E-state index contributed by atoms with van der Waals surface area (Å²) in [5, 5.41) is 4.16. The van der Waals surface area contributed by atoms with Crippen LogP contribution in [0.1, 0.15) is 57.2 Å². The molecule has 5 heteroatoms. The van der Waals surface area contributed by atoms with Crippen molar-refractivity contribution < 1.29 is 9.53 Å². The highest BCUT2D eigenvalue weighted by atomic mass is 32.1. The number of likely N-dealkylation sites (tertiary alicyclic amines) is 1. The van der Waals surface area contributed by atoms with Crippen molar-refractivity contribution in [3.8, 4) is 5.75 Å². The van der Waals surface area contributed by atoms with Crippen LogP contribution in [0.15, 0.2) is 54.6 Å². The number of anilines is 1. The zero-order valence-electron chi connectivity index (χ0n) is 18.5. The van der Waals surface area contributed by atoms with Crippen molar-refractivity contribution in [3.63, 3.8) is 0 Å². The van der Waals surface area contributed by atoms with Gasteiger partial charge in [0, 0.05) is 21.6 Å². The highest BCUT2D eigenvalue weighted by molar-refractivity contribution is 7.16. The van der Waals surface area contributed by atoms with E-state index in [0.29, 0.717) is 5.56 Å². The van der Waals surface area contributed by atoms with Crippen LogP contribution < -0.4 is 10.1 Å². The number of carbonyl (C=O) groups excluding carboxylic acids is 1. The fourth-order valence-corrected chi connectivity index (χ4v) is 5.52. The van der Waals surface area contributed by atoms with Crippen LogP contribution in [-0.4, -0.2) is 31.0 Å². The van der Waals surface area contributed by atoms with Crippen LogP contribution in [0.5, 0.6) is 5.75 Å². The number of piperidine rings is 1. The SMILES string of the molecule is COc1ccccc1[C@@H](c1c(NC(=O)c2ccccc2)sc(C)c1C)N1CCCCC1. The lowest BCUT2D eigenvalue weighted by Gasteiger charge is -2.36. The van der Waals surface area contributed by atoms with Gasteiger partial charge in [0.15, 0.2) is 0 Å². The number of methoxy groups -OCH3 is 1. The molecule has 162 valence electrons. The number of ether oxygens (including phenoxy) is 1. The summed E-state index contributed by atoms with van der Waals surface area (Å²) in [5.74, 6) is 0.821. The molecule has 0 unspecified atom stereocenters. The molecule has 31 heavy (non-hydrogen) atoms. The number of rotatable bonds is 6. The molecule has 1 saturated heterocycles. The minimum absolute atomic E-state index is 0.0486. The molecule has 1 atom stereocenters. The summed E-state index contributed by atoms with van der Waals surface area (Å²) >= 11 is 1.67. The molecule has 1 aliphatic heterocycles. The first-order valence-corrected chi connectivity index (χ1v) is 11.7. The largest absolute Gasteiger partial charge is 0.496 e. The maximum atomic E-state index is 13.0. The summed E-state index contributed by atoms with van der Waals surface area (Å²) in [6.07, 6.45) is 3.66. The Morgan fingerprint density at radius 1 is 1.00 bits per heavy atom. The van der Waals surface area contributed by atoms with Crippen molar-refractivity contribution in [2.45, 2.75) is 39.2 Å². The number of hydrogen-bond donors (Lipinski definition) is 1. The average molecular weight is 435 g/mol. The summed E-state index contributed by atoms with van der Waals surface area (Å²) in [6, 6.07) is 17.7. The van der Waals surface area contributed by atoms with Crippen LogP contribution in [0, 0.1) is 13.8 Å². The van der Waals surface area contributed by atoms with E-state index in [4.69, 9.17) is 4.74 Å². The third-order valence-corrected chi connectivity index (χ3v) is 7.30. The summed E-state index contributed by atoms with van der Waals surface area (Å²) < 4.78 is 5.76. The van der Waals surface area contributed by atoms with Gasteiger partial charge in [0.2, 0.25) is 0 Å². The number of nitrogens with one attached hydrogen (secondary N) is 1. The highest BCUT2D eigenvalue weighted by Gasteiger charge is 2.32. The van der Waals surface area contributed by atoms with E-state index in [1.165, 1.54) is 35.3 Å². The Bertz CT molecular complexity index is 1040. The number of benzene rings is 2. The number of para-hydroxylation sites is 1. The third kappa shape index (κ3) is 4.53. The average Bonchev–Trinajstić information content (AvgIpc) is 3.09. The maximum absolute atomic E-state index is 13.0. The Morgan fingerprint density at radius 2 is 1.68 bits per heavy atom. The molecule has 3 aromatic rings. The van der Waals surface area contributed by atoms with Crippen LogP contribution in [-0.2, 0) is 0 Å². The lowest BCUT2D eigenvalue weighted by molar-refractivity contribution is 0.102. The van der Waals surface area contributed by atoms with E-state index < -0.39 is 0 Å². The van der Waals surface area contributed by atoms with Crippen LogP contribution >= 0.6 is 11.3 Å². The van der Waals surface area contributed by atoms with Crippen molar-refractivity contribution in [2.24, 2.45) is 0 Å².